The van der Waals surface area contributed by atoms with Crippen molar-refractivity contribution in [1.82, 2.24) is 5.32 Å². The van der Waals surface area contributed by atoms with Crippen molar-refractivity contribution < 1.29 is 4.74 Å². The van der Waals surface area contributed by atoms with Gasteiger partial charge in [-0.2, -0.15) is 0 Å². The van der Waals surface area contributed by atoms with Gasteiger partial charge in [-0.25, -0.2) is 0 Å². The van der Waals surface area contributed by atoms with Gasteiger partial charge in [0.15, 0.2) is 0 Å². The second-order valence-corrected chi connectivity index (χ2v) is 4.53. The molecule has 1 aliphatic heterocycles. The summed E-state index contributed by atoms with van der Waals surface area (Å²) < 4.78 is 5.66. The molecular formula is C14H21NO. The molecule has 0 fully saturated rings. The lowest BCUT2D eigenvalue weighted by Gasteiger charge is -2.19. The highest BCUT2D eigenvalue weighted by Gasteiger charge is 2.18. The van der Waals surface area contributed by atoms with Crippen LogP contribution >= 0.6 is 0 Å². The zero-order chi connectivity index (χ0) is 11.4. The Morgan fingerprint density at radius 2 is 2.31 bits per heavy atom. The molecule has 1 heterocycles. The average molecular weight is 219 g/mol. The average Bonchev–Trinajstić information content (AvgIpc) is 2.48. The minimum Gasteiger partial charge on any atom is -0.379 e. The third kappa shape index (κ3) is 2.63. The van der Waals surface area contributed by atoms with Crippen LogP contribution in [0.4, 0.5) is 0 Å². The Kier molecular flexibility index (Phi) is 3.97. The van der Waals surface area contributed by atoms with Crippen LogP contribution < -0.4 is 5.32 Å². The second kappa shape index (κ2) is 5.46. The molecule has 0 saturated heterocycles. The fraction of sp³-hybridized carbons (Fsp3) is 0.571. The standard InChI is InChI=1S/C14H21NO/c1-3-7-15-14-10-16-8-6-12-5-4-11(2)9-13(12)14/h4-5,9,14-15H,3,6-8,10H2,1-2H3. The molecule has 0 amide bonds. The topological polar surface area (TPSA) is 21.3 Å². The zero-order valence-corrected chi connectivity index (χ0v) is 10.3. The molecule has 16 heavy (non-hydrogen) atoms. The lowest BCUT2D eigenvalue weighted by atomic mass is 9.97. The molecule has 0 bridgehead atoms. The summed E-state index contributed by atoms with van der Waals surface area (Å²) in [5.74, 6) is 0. The van der Waals surface area contributed by atoms with E-state index in [0.717, 1.165) is 32.6 Å². The van der Waals surface area contributed by atoms with E-state index in [1.54, 1.807) is 0 Å². The van der Waals surface area contributed by atoms with E-state index >= 15 is 0 Å². The Morgan fingerprint density at radius 1 is 1.44 bits per heavy atom. The van der Waals surface area contributed by atoms with Crippen LogP contribution in [0.1, 0.15) is 36.1 Å². The third-order valence-electron chi connectivity index (χ3n) is 3.12. The molecule has 0 spiro atoms. The predicted octanol–water partition coefficient (Wildman–Crippen LogP) is 2.61. The van der Waals surface area contributed by atoms with Gasteiger partial charge < -0.3 is 10.1 Å². The summed E-state index contributed by atoms with van der Waals surface area (Å²) in [6.07, 6.45) is 2.21. The van der Waals surface area contributed by atoms with Crippen LogP contribution in [0, 0.1) is 6.92 Å². The van der Waals surface area contributed by atoms with Crippen LogP contribution in [0.2, 0.25) is 0 Å². The smallest absolute Gasteiger partial charge is 0.0661 e. The highest BCUT2D eigenvalue weighted by Crippen LogP contribution is 2.23. The van der Waals surface area contributed by atoms with E-state index in [1.165, 1.54) is 16.7 Å². The third-order valence-corrected chi connectivity index (χ3v) is 3.12. The quantitative estimate of drug-likeness (QED) is 0.843. The van der Waals surface area contributed by atoms with Crippen molar-refractivity contribution in [3.05, 3.63) is 34.9 Å². The molecule has 1 aromatic rings. The van der Waals surface area contributed by atoms with E-state index in [-0.39, 0.29) is 0 Å². The van der Waals surface area contributed by atoms with Gasteiger partial charge in [0.1, 0.15) is 0 Å². The Labute approximate surface area is 98.0 Å². The Balaban J connectivity index is 2.24. The van der Waals surface area contributed by atoms with Crippen LogP contribution in [0.5, 0.6) is 0 Å². The first-order chi connectivity index (χ1) is 7.81. The molecule has 88 valence electrons. The summed E-state index contributed by atoms with van der Waals surface area (Å²) >= 11 is 0. The SMILES string of the molecule is CCCNC1COCCc2ccc(C)cc21. The molecule has 2 rings (SSSR count). The molecule has 1 unspecified atom stereocenters. The molecule has 1 aliphatic rings. The number of hydrogen-bond acceptors (Lipinski definition) is 2. The number of fused-ring (bicyclic) bond motifs is 1. The molecule has 0 radical (unpaired) electrons. The first-order valence-electron chi connectivity index (χ1n) is 6.22. The number of aryl methyl sites for hydroxylation is 1. The van der Waals surface area contributed by atoms with Gasteiger partial charge in [0.25, 0.3) is 0 Å². The van der Waals surface area contributed by atoms with Gasteiger partial charge in [0.2, 0.25) is 0 Å². The van der Waals surface area contributed by atoms with E-state index < -0.39 is 0 Å². The van der Waals surface area contributed by atoms with Crippen molar-refractivity contribution in [1.29, 1.82) is 0 Å². The van der Waals surface area contributed by atoms with E-state index in [1.807, 2.05) is 0 Å². The van der Waals surface area contributed by atoms with Gasteiger partial charge in [-0.15, -0.1) is 0 Å². The molecule has 0 saturated carbocycles. The van der Waals surface area contributed by atoms with Crippen molar-refractivity contribution in [3.8, 4) is 0 Å². The van der Waals surface area contributed by atoms with Crippen molar-refractivity contribution in [3.63, 3.8) is 0 Å². The van der Waals surface area contributed by atoms with Crippen molar-refractivity contribution >= 4 is 0 Å². The number of rotatable bonds is 3. The van der Waals surface area contributed by atoms with E-state index in [0.29, 0.717) is 6.04 Å². The normalized spacial score (nSPS) is 20.2. The number of benzene rings is 1. The number of hydrogen-bond donors (Lipinski definition) is 1. The Hall–Kier alpha value is -0.860. The summed E-state index contributed by atoms with van der Waals surface area (Å²) in [6.45, 7) is 7.06. The highest BCUT2D eigenvalue weighted by molar-refractivity contribution is 5.34. The van der Waals surface area contributed by atoms with Gasteiger partial charge in [-0.1, -0.05) is 30.7 Å². The zero-order valence-electron chi connectivity index (χ0n) is 10.3. The summed E-state index contributed by atoms with van der Waals surface area (Å²) in [5.41, 5.74) is 4.21. The Bertz CT molecular complexity index is 349. The number of ether oxygens (including phenoxy) is 1. The molecule has 1 atom stereocenters. The maximum atomic E-state index is 5.66. The van der Waals surface area contributed by atoms with Gasteiger partial charge in [0.05, 0.1) is 19.3 Å². The first-order valence-corrected chi connectivity index (χ1v) is 6.22. The lowest BCUT2D eigenvalue weighted by Crippen LogP contribution is -2.26. The molecule has 0 aromatic heterocycles. The van der Waals surface area contributed by atoms with Crippen LogP contribution in [-0.2, 0) is 11.2 Å². The lowest BCUT2D eigenvalue weighted by molar-refractivity contribution is 0.121. The molecule has 1 N–H and O–H groups in total. The summed E-state index contributed by atoms with van der Waals surface area (Å²) in [6, 6.07) is 7.12. The number of nitrogens with one attached hydrogen (secondary N) is 1. The maximum absolute atomic E-state index is 5.66. The van der Waals surface area contributed by atoms with E-state index in [9.17, 15) is 0 Å². The summed E-state index contributed by atoms with van der Waals surface area (Å²) in [5, 5.41) is 3.57. The minimum atomic E-state index is 0.373. The monoisotopic (exact) mass is 219 g/mol. The van der Waals surface area contributed by atoms with Crippen molar-refractivity contribution in [2.24, 2.45) is 0 Å². The van der Waals surface area contributed by atoms with Crippen LogP contribution in [0.25, 0.3) is 0 Å². The van der Waals surface area contributed by atoms with Crippen LogP contribution in [0.15, 0.2) is 18.2 Å². The van der Waals surface area contributed by atoms with E-state index in [2.05, 4.69) is 37.4 Å². The Morgan fingerprint density at radius 3 is 3.12 bits per heavy atom. The fourth-order valence-electron chi connectivity index (χ4n) is 2.23. The van der Waals surface area contributed by atoms with Gasteiger partial charge in [0, 0.05) is 0 Å². The molecule has 0 aliphatic carbocycles. The van der Waals surface area contributed by atoms with Crippen LogP contribution in [-0.4, -0.2) is 19.8 Å². The van der Waals surface area contributed by atoms with Crippen molar-refractivity contribution in [2.45, 2.75) is 32.7 Å². The largest absolute Gasteiger partial charge is 0.379 e. The van der Waals surface area contributed by atoms with Gasteiger partial charge >= 0.3 is 0 Å². The van der Waals surface area contributed by atoms with Gasteiger partial charge in [-0.05, 0) is 37.4 Å². The molecule has 1 aromatic carbocycles. The van der Waals surface area contributed by atoms with E-state index in [4.69, 9.17) is 4.74 Å². The summed E-state index contributed by atoms with van der Waals surface area (Å²) in [4.78, 5) is 0. The fourth-order valence-corrected chi connectivity index (χ4v) is 2.23. The predicted molar refractivity (Wildman–Crippen MR) is 66.7 cm³/mol. The van der Waals surface area contributed by atoms with Crippen LogP contribution in [0.3, 0.4) is 0 Å². The molecular weight excluding hydrogens is 198 g/mol. The summed E-state index contributed by atoms with van der Waals surface area (Å²) in [7, 11) is 0. The molecule has 2 nitrogen and oxygen atoms in total. The maximum Gasteiger partial charge on any atom is 0.0661 e. The highest BCUT2D eigenvalue weighted by atomic mass is 16.5. The minimum absolute atomic E-state index is 0.373. The molecule has 2 heteroatoms. The van der Waals surface area contributed by atoms with Gasteiger partial charge in [-0.3, -0.25) is 0 Å². The second-order valence-electron chi connectivity index (χ2n) is 4.53. The first kappa shape index (κ1) is 11.6. The van der Waals surface area contributed by atoms with Crippen molar-refractivity contribution in [2.75, 3.05) is 19.8 Å².